The zero-order valence-corrected chi connectivity index (χ0v) is 15.6. The van der Waals surface area contributed by atoms with Gasteiger partial charge < -0.3 is 9.47 Å². The molecule has 0 unspecified atom stereocenters. The number of halogens is 2. The molecule has 6 nitrogen and oxygen atoms in total. The van der Waals surface area contributed by atoms with Gasteiger partial charge in [0, 0.05) is 17.0 Å². The molecule has 0 atom stereocenters. The monoisotopic (exact) mass is 396 g/mol. The fraction of sp³-hybridized carbons (Fsp3) is 0.222. The van der Waals surface area contributed by atoms with Gasteiger partial charge in [-0.25, -0.2) is 0 Å². The van der Waals surface area contributed by atoms with E-state index in [9.17, 15) is 9.59 Å². The van der Waals surface area contributed by atoms with Gasteiger partial charge in [0.2, 0.25) is 5.91 Å². The van der Waals surface area contributed by atoms with Crippen LogP contribution in [0.25, 0.3) is 0 Å². The van der Waals surface area contributed by atoms with Gasteiger partial charge in [0.25, 0.3) is 5.91 Å². The molecule has 0 spiro atoms. The first-order chi connectivity index (χ1) is 12.5. The molecule has 0 radical (unpaired) electrons. The van der Waals surface area contributed by atoms with Crippen LogP contribution in [0.4, 0.5) is 0 Å². The number of ether oxygens (including phenoxy) is 2. The smallest absolute Gasteiger partial charge is 0.269 e. The molecular weight excluding hydrogens is 379 g/mol. The Hall–Kier alpha value is -2.44. The molecule has 138 valence electrons. The van der Waals surface area contributed by atoms with Crippen molar-refractivity contribution in [2.24, 2.45) is 0 Å². The number of carbonyl (C=O) groups is 2. The zero-order valence-electron chi connectivity index (χ0n) is 14.1. The minimum absolute atomic E-state index is 0.189. The van der Waals surface area contributed by atoms with Gasteiger partial charge in [-0.05, 0) is 48.9 Å². The molecule has 2 N–H and O–H groups in total. The summed E-state index contributed by atoms with van der Waals surface area (Å²) in [5.41, 5.74) is 5.12. The number of hydrogen-bond acceptors (Lipinski definition) is 4. The fourth-order valence-corrected chi connectivity index (χ4v) is 2.47. The van der Waals surface area contributed by atoms with Gasteiger partial charge in [-0.3, -0.25) is 20.4 Å². The number of carbonyl (C=O) groups excluding carboxylic acids is 2. The summed E-state index contributed by atoms with van der Waals surface area (Å²) in [7, 11) is 1.54. The van der Waals surface area contributed by atoms with Crippen molar-refractivity contribution in [1.29, 1.82) is 0 Å². The Morgan fingerprint density at radius 3 is 2.42 bits per heavy atom. The summed E-state index contributed by atoms with van der Waals surface area (Å²) in [6, 6.07) is 11.4. The molecule has 0 bridgehead atoms. The van der Waals surface area contributed by atoms with Crippen LogP contribution in [0.5, 0.6) is 11.5 Å². The Morgan fingerprint density at radius 2 is 1.77 bits per heavy atom. The first-order valence-corrected chi connectivity index (χ1v) is 8.56. The maximum atomic E-state index is 11.9. The average molecular weight is 397 g/mol. The molecule has 2 amide bonds. The lowest BCUT2D eigenvalue weighted by molar-refractivity contribution is -0.122. The van der Waals surface area contributed by atoms with Gasteiger partial charge >= 0.3 is 0 Å². The maximum absolute atomic E-state index is 11.9. The predicted molar refractivity (Wildman–Crippen MR) is 99.8 cm³/mol. The van der Waals surface area contributed by atoms with E-state index in [2.05, 4.69) is 10.9 Å². The summed E-state index contributed by atoms with van der Waals surface area (Å²) >= 11 is 11.8. The van der Waals surface area contributed by atoms with Crippen molar-refractivity contribution >= 4 is 35.0 Å². The van der Waals surface area contributed by atoms with Gasteiger partial charge in [-0.2, -0.15) is 0 Å². The SMILES string of the molecule is COc1ccc(C(=O)NNC(=O)CCCOc2ccc(Cl)cc2Cl)cc1. The van der Waals surface area contributed by atoms with E-state index < -0.39 is 5.91 Å². The molecule has 2 aromatic rings. The molecule has 8 heteroatoms. The second-order valence-corrected chi connectivity index (χ2v) is 6.10. The summed E-state index contributed by atoms with van der Waals surface area (Å²) < 4.78 is 10.5. The van der Waals surface area contributed by atoms with Crippen LogP contribution in [0.1, 0.15) is 23.2 Å². The Morgan fingerprint density at radius 1 is 1.04 bits per heavy atom. The Balaban J connectivity index is 1.67. The van der Waals surface area contributed by atoms with E-state index in [-0.39, 0.29) is 12.3 Å². The summed E-state index contributed by atoms with van der Waals surface area (Å²) in [6.07, 6.45) is 0.650. The highest BCUT2D eigenvalue weighted by molar-refractivity contribution is 6.35. The minimum atomic E-state index is -0.412. The van der Waals surface area contributed by atoms with E-state index in [0.717, 1.165) is 0 Å². The Labute approximate surface area is 161 Å². The third-order valence-electron chi connectivity index (χ3n) is 3.37. The Bertz CT molecular complexity index is 766. The second-order valence-electron chi connectivity index (χ2n) is 5.26. The van der Waals surface area contributed by atoms with E-state index in [0.29, 0.717) is 40.1 Å². The minimum Gasteiger partial charge on any atom is -0.497 e. The number of methoxy groups -OCH3 is 1. The lowest BCUT2D eigenvalue weighted by atomic mass is 10.2. The second kappa shape index (κ2) is 9.89. The highest BCUT2D eigenvalue weighted by Crippen LogP contribution is 2.27. The molecule has 0 aromatic heterocycles. The van der Waals surface area contributed by atoms with Crippen LogP contribution in [-0.4, -0.2) is 25.5 Å². The van der Waals surface area contributed by atoms with Crippen molar-refractivity contribution < 1.29 is 19.1 Å². The maximum Gasteiger partial charge on any atom is 0.269 e. The molecule has 0 aliphatic heterocycles. The van der Waals surface area contributed by atoms with Crippen LogP contribution < -0.4 is 20.3 Å². The number of nitrogens with one attached hydrogen (secondary N) is 2. The van der Waals surface area contributed by atoms with Crippen LogP contribution in [0.15, 0.2) is 42.5 Å². The number of hydrazine groups is 1. The molecule has 2 aromatic carbocycles. The van der Waals surface area contributed by atoms with Crippen molar-refractivity contribution in [3.05, 3.63) is 58.1 Å². The van der Waals surface area contributed by atoms with E-state index >= 15 is 0 Å². The van der Waals surface area contributed by atoms with Crippen LogP contribution in [-0.2, 0) is 4.79 Å². The van der Waals surface area contributed by atoms with E-state index in [1.54, 1.807) is 49.6 Å². The number of benzene rings is 2. The van der Waals surface area contributed by atoms with Crippen LogP contribution in [0.3, 0.4) is 0 Å². The first-order valence-electron chi connectivity index (χ1n) is 7.80. The third kappa shape index (κ3) is 6.13. The lowest BCUT2D eigenvalue weighted by Crippen LogP contribution is -2.41. The van der Waals surface area contributed by atoms with E-state index in [1.807, 2.05) is 0 Å². The van der Waals surface area contributed by atoms with Gasteiger partial charge in [-0.1, -0.05) is 23.2 Å². The van der Waals surface area contributed by atoms with E-state index in [4.69, 9.17) is 32.7 Å². The van der Waals surface area contributed by atoms with E-state index in [1.165, 1.54) is 0 Å². The molecule has 0 aliphatic rings. The predicted octanol–water partition coefficient (Wildman–Crippen LogP) is 3.62. The molecule has 0 saturated heterocycles. The standard InChI is InChI=1S/C18H18Cl2N2O4/c1-25-14-7-4-12(5-8-14)18(24)22-21-17(23)3-2-10-26-16-9-6-13(19)11-15(16)20/h4-9,11H,2-3,10H2,1H3,(H,21,23)(H,22,24). The van der Waals surface area contributed by atoms with Crippen molar-refractivity contribution in [2.45, 2.75) is 12.8 Å². The van der Waals surface area contributed by atoms with Crippen LogP contribution in [0.2, 0.25) is 10.0 Å². The molecule has 0 saturated carbocycles. The third-order valence-corrected chi connectivity index (χ3v) is 3.90. The molecule has 2 rings (SSSR count). The molecular formula is C18H18Cl2N2O4. The molecule has 0 heterocycles. The largest absolute Gasteiger partial charge is 0.497 e. The highest BCUT2D eigenvalue weighted by atomic mass is 35.5. The quantitative estimate of drug-likeness (QED) is 0.553. The van der Waals surface area contributed by atoms with Crippen molar-refractivity contribution in [1.82, 2.24) is 10.9 Å². The van der Waals surface area contributed by atoms with Crippen molar-refractivity contribution in [3.8, 4) is 11.5 Å². The molecule has 0 aliphatic carbocycles. The van der Waals surface area contributed by atoms with Gasteiger partial charge in [0.1, 0.15) is 11.5 Å². The summed E-state index contributed by atoms with van der Waals surface area (Å²) in [5, 5.41) is 0.933. The zero-order chi connectivity index (χ0) is 18.9. The van der Waals surface area contributed by atoms with Crippen molar-refractivity contribution in [3.63, 3.8) is 0 Å². The number of amides is 2. The van der Waals surface area contributed by atoms with Crippen LogP contribution in [0, 0.1) is 0 Å². The van der Waals surface area contributed by atoms with Gasteiger partial charge in [0.05, 0.1) is 18.7 Å². The first kappa shape index (κ1) is 19.9. The number of rotatable bonds is 7. The summed E-state index contributed by atoms with van der Waals surface area (Å²) in [6.45, 7) is 0.307. The average Bonchev–Trinajstić information content (AvgIpc) is 2.64. The summed E-state index contributed by atoms with van der Waals surface area (Å²) in [5.74, 6) is 0.415. The van der Waals surface area contributed by atoms with Gasteiger partial charge in [-0.15, -0.1) is 0 Å². The summed E-state index contributed by atoms with van der Waals surface area (Å²) in [4.78, 5) is 23.7. The van der Waals surface area contributed by atoms with Crippen LogP contribution >= 0.6 is 23.2 Å². The number of hydrogen-bond donors (Lipinski definition) is 2. The van der Waals surface area contributed by atoms with Crippen molar-refractivity contribution in [2.75, 3.05) is 13.7 Å². The lowest BCUT2D eigenvalue weighted by Gasteiger charge is -2.09. The molecule has 0 fully saturated rings. The molecule has 26 heavy (non-hydrogen) atoms. The fourth-order valence-electron chi connectivity index (χ4n) is 2.01. The van der Waals surface area contributed by atoms with Gasteiger partial charge in [0.15, 0.2) is 0 Å². The topological polar surface area (TPSA) is 76.7 Å². The highest BCUT2D eigenvalue weighted by Gasteiger charge is 2.08. The normalized spacial score (nSPS) is 10.1. The Kier molecular flexibility index (Phi) is 7.56.